The highest BCUT2D eigenvalue weighted by atomic mass is 79.9. The third kappa shape index (κ3) is 4.04. The number of halogens is 2. The van der Waals surface area contributed by atoms with Gasteiger partial charge in [0.1, 0.15) is 0 Å². The van der Waals surface area contributed by atoms with Crippen LogP contribution in [0.15, 0.2) is 39.8 Å². The summed E-state index contributed by atoms with van der Waals surface area (Å²) in [4.78, 5) is 0. The molecule has 16 heavy (non-hydrogen) atoms. The summed E-state index contributed by atoms with van der Waals surface area (Å²) < 4.78 is 2.25. The van der Waals surface area contributed by atoms with Crippen molar-refractivity contribution >= 4 is 31.9 Å². The van der Waals surface area contributed by atoms with Crippen LogP contribution in [0.2, 0.25) is 0 Å². The van der Waals surface area contributed by atoms with E-state index in [1.807, 2.05) is 13.1 Å². The van der Waals surface area contributed by atoms with Gasteiger partial charge in [-0.2, -0.15) is 0 Å². The molecule has 88 valence electrons. The summed E-state index contributed by atoms with van der Waals surface area (Å²) in [5.74, 6) is 0. The summed E-state index contributed by atoms with van der Waals surface area (Å²) in [6.07, 6.45) is 5.34. The molecule has 0 saturated carbocycles. The Morgan fingerprint density at radius 1 is 1.44 bits per heavy atom. The Morgan fingerprint density at radius 2 is 2.19 bits per heavy atom. The average Bonchev–Trinajstić information content (AvgIpc) is 2.26. The van der Waals surface area contributed by atoms with Crippen molar-refractivity contribution in [2.24, 2.45) is 0 Å². The van der Waals surface area contributed by atoms with Crippen LogP contribution in [0.3, 0.4) is 0 Å². The Bertz CT molecular complexity index is 350. The Balaban J connectivity index is 2.74. The largest absolute Gasteiger partial charge is 0.313 e. The lowest BCUT2D eigenvalue weighted by Crippen LogP contribution is -2.16. The van der Waals surface area contributed by atoms with Crippen LogP contribution in [0, 0.1) is 0 Å². The second-order valence-electron chi connectivity index (χ2n) is 3.73. The Kier molecular flexibility index (Phi) is 6.32. The Morgan fingerprint density at radius 3 is 2.75 bits per heavy atom. The van der Waals surface area contributed by atoms with Crippen molar-refractivity contribution in [2.75, 3.05) is 7.05 Å². The molecule has 0 saturated heterocycles. The zero-order valence-electron chi connectivity index (χ0n) is 9.47. The summed E-state index contributed by atoms with van der Waals surface area (Å²) >= 11 is 7.07. The van der Waals surface area contributed by atoms with E-state index in [9.17, 15) is 0 Å². The molecule has 0 radical (unpaired) electrons. The van der Waals surface area contributed by atoms with E-state index in [2.05, 4.69) is 62.0 Å². The molecule has 1 aromatic rings. The summed E-state index contributed by atoms with van der Waals surface area (Å²) in [6.45, 7) is 3.75. The van der Waals surface area contributed by atoms with Crippen LogP contribution < -0.4 is 5.32 Å². The van der Waals surface area contributed by atoms with Gasteiger partial charge in [0.2, 0.25) is 0 Å². The smallest absolute Gasteiger partial charge is 0.0328 e. The van der Waals surface area contributed by atoms with E-state index in [0.29, 0.717) is 6.04 Å². The van der Waals surface area contributed by atoms with Crippen molar-refractivity contribution in [2.45, 2.75) is 25.3 Å². The molecule has 0 amide bonds. The quantitative estimate of drug-likeness (QED) is 0.574. The molecule has 1 aromatic carbocycles. The molecule has 1 N–H and O–H groups in total. The van der Waals surface area contributed by atoms with Crippen LogP contribution >= 0.6 is 31.9 Å². The zero-order valence-corrected chi connectivity index (χ0v) is 12.6. The lowest BCUT2D eigenvalue weighted by molar-refractivity contribution is 0.528. The second kappa shape index (κ2) is 7.25. The van der Waals surface area contributed by atoms with E-state index in [-0.39, 0.29) is 0 Å². The maximum Gasteiger partial charge on any atom is 0.0328 e. The molecule has 0 aliphatic heterocycles. The fraction of sp³-hybridized carbons (Fsp3) is 0.385. The first kappa shape index (κ1) is 13.9. The van der Waals surface area contributed by atoms with Gasteiger partial charge in [0.25, 0.3) is 0 Å². The average molecular weight is 347 g/mol. The fourth-order valence-corrected chi connectivity index (χ4v) is 3.03. The highest BCUT2D eigenvalue weighted by Gasteiger charge is 2.11. The predicted molar refractivity (Wildman–Crippen MR) is 77.7 cm³/mol. The van der Waals surface area contributed by atoms with E-state index < -0.39 is 0 Å². The van der Waals surface area contributed by atoms with Crippen LogP contribution in [0.5, 0.6) is 0 Å². The van der Waals surface area contributed by atoms with Crippen molar-refractivity contribution in [3.05, 3.63) is 45.4 Å². The molecule has 3 heteroatoms. The minimum Gasteiger partial charge on any atom is -0.313 e. The summed E-state index contributed by atoms with van der Waals surface area (Å²) in [5.41, 5.74) is 1.31. The number of hydrogen-bond acceptors (Lipinski definition) is 1. The molecule has 0 aliphatic carbocycles. The number of hydrogen-bond donors (Lipinski definition) is 1. The van der Waals surface area contributed by atoms with E-state index in [4.69, 9.17) is 0 Å². The monoisotopic (exact) mass is 345 g/mol. The van der Waals surface area contributed by atoms with Gasteiger partial charge in [0, 0.05) is 15.0 Å². The summed E-state index contributed by atoms with van der Waals surface area (Å²) in [7, 11) is 2.01. The first-order valence-electron chi connectivity index (χ1n) is 5.42. The number of rotatable bonds is 6. The third-order valence-corrected chi connectivity index (χ3v) is 3.77. The van der Waals surface area contributed by atoms with Gasteiger partial charge >= 0.3 is 0 Å². The number of unbranched alkanes of at least 4 members (excludes halogenated alkanes) is 1. The molecule has 0 fully saturated rings. The van der Waals surface area contributed by atoms with Gasteiger partial charge in [0.05, 0.1) is 0 Å². The number of benzene rings is 1. The molecule has 0 spiro atoms. The Labute approximate surface area is 115 Å². The summed E-state index contributed by atoms with van der Waals surface area (Å²) in [5, 5.41) is 3.36. The first-order chi connectivity index (χ1) is 7.69. The Hall–Kier alpha value is -0.120. The molecular formula is C13H17Br2N. The van der Waals surface area contributed by atoms with Gasteiger partial charge in [-0.15, -0.1) is 6.58 Å². The standard InChI is InChI=1S/C13H17Br2N/c1-3-4-5-6-13(16-2)11-8-7-10(14)9-12(11)15/h3,7-9,13,16H,1,4-6H2,2H3. The minimum atomic E-state index is 0.405. The van der Waals surface area contributed by atoms with Crippen molar-refractivity contribution < 1.29 is 0 Å². The molecule has 1 unspecified atom stereocenters. The highest BCUT2D eigenvalue weighted by molar-refractivity contribution is 9.11. The zero-order chi connectivity index (χ0) is 12.0. The van der Waals surface area contributed by atoms with Crippen molar-refractivity contribution in [3.8, 4) is 0 Å². The van der Waals surface area contributed by atoms with E-state index in [1.54, 1.807) is 0 Å². The first-order valence-corrected chi connectivity index (χ1v) is 7.00. The SMILES string of the molecule is C=CCCCC(NC)c1ccc(Br)cc1Br. The topological polar surface area (TPSA) is 12.0 Å². The van der Waals surface area contributed by atoms with Gasteiger partial charge in [-0.05, 0) is 44.0 Å². The number of allylic oxidation sites excluding steroid dienone is 1. The normalized spacial score (nSPS) is 12.4. The van der Waals surface area contributed by atoms with E-state index >= 15 is 0 Å². The maximum absolute atomic E-state index is 3.75. The molecule has 0 bridgehead atoms. The second-order valence-corrected chi connectivity index (χ2v) is 5.50. The molecular weight excluding hydrogens is 330 g/mol. The van der Waals surface area contributed by atoms with Crippen molar-refractivity contribution in [1.29, 1.82) is 0 Å². The molecule has 0 heterocycles. The van der Waals surface area contributed by atoms with Gasteiger partial charge in [-0.1, -0.05) is 44.0 Å². The lowest BCUT2D eigenvalue weighted by atomic mass is 10.0. The van der Waals surface area contributed by atoms with Crippen LogP contribution in [-0.2, 0) is 0 Å². The van der Waals surface area contributed by atoms with Gasteiger partial charge in [-0.3, -0.25) is 0 Å². The predicted octanol–water partition coefficient (Wildman–Crippen LogP) is 4.83. The van der Waals surface area contributed by atoms with Crippen LogP contribution in [0.4, 0.5) is 0 Å². The third-order valence-electron chi connectivity index (χ3n) is 2.59. The van der Waals surface area contributed by atoms with E-state index in [1.165, 1.54) is 5.56 Å². The maximum atomic E-state index is 3.75. The molecule has 1 rings (SSSR count). The highest BCUT2D eigenvalue weighted by Crippen LogP contribution is 2.29. The van der Waals surface area contributed by atoms with Gasteiger partial charge in [0.15, 0.2) is 0 Å². The molecule has 1 nitrogen and oxygen atoms in total. The number of nitrogens with one attached hydrogen (secondary N) is 1. The molecule has 0 aliphatic rings. The molecule has 0 aromatic heterocycles. The van der Waals surface area contributed by atoms with Gasteiger partial charge in [-0.25, -0.2) is 0 Å². The van der Waals surface area contributed by atoms with Crippen LogP contribution in [0.1, 0.15) is 30.9 Å². The fourth-order valence-electron chi connectivity index (χ4n) is 1.71. The van der Waals surface area contributed by atoms with E-state index in [0.717, 1.165) is 28.2 Å². The van der Waals surface area contributed by atoms with Gasteiger partial charge < -0.3 is 5.32 Å². The minimum absolute atomic E-state index is 0.405. The molecule has 1 atom stereocenters. The van der Waals surface area contributed by atoms with Crippen LogP contribution in [-0.4, -0.2) is 7.05 Å². The van der Waals surface area contributed by atoms with Crippen molar-refractivity contribution in [1.82, 2.24) is 5.32 Å². The van der Waals surface area contributed by atoms with Crippen LogP contribution in [0.25, 0.3) is 0 Å². The lowest BCUT2D eigenvalue weighted by Gasteiger charge is -2.18. The summed E-state index contributed by atoms with van der Waals surface area (Å²) in [6, 6.07) is 6.73. The van der Waals surface area contributed by atoms with Crippen molar-refractivity contribution in [3.63, 3.8) is 0 Å².